The van der Waals surface area contributed by atoms with Crippen LogP contribution in [0.25, 0.3) is 0 Å². The summed E-state index contributed by atoms with van der Waals surface area (Å²) in [6, 6.07) is -0.381. The third kappa shape index (κ3) is 5.80. The molecule has 20 heavy (non-hydrogen) atoms. The van der Waals surface area contributed by atoms with E-state index in [9.17, 15) is 14.4 Å². The van der Waals surface area contributed by atoms with Gasteiger partial charge in [0.15, 0.2) is 5.69 Å². The molecule has 1 heterocycles. The van der Waals surface area contributed by atoms with Crippen LogP contribution >= 0.6 is 0 Å². The standard InChI is InChI=1S/C10H16N6O4/c11-8(17)2-1-3-12-10(20)13-4-5-16-6-7(9(18)19)14-15-16/h6H,1-5H2,(H2,11,17)(H,18,19)(H2,12,13,20). The van der Waals surface area contributed by atoms with E-state index in [4.69, 9.17) is 10.8 Å². The number of hydrogen-bond donors (Lipinski definition) is 4. The van der Waals surface area contributed by atoms with Gasteiger partial charge in [-0.1, -0.05) is 5.21 Å². The Kier molecular flexibility index (Phi) is 5.94. The van der Waals surface area contributed by atoms with Crippen LogP contribution in [0, 0.1) is 0 Å². The highest BCUT2D eigenvalue weighted by atomic mass is 16.4. The summed E-state index contributed by atoms with van der Waals surface area (Å²) in [6.45, 7) is 0.917. The number of nitrogens with two attached hydrogens (primary N) is 1. The molecule has 110 valence electrons. The Morgan fingerprint density at radius 3 is 2.60 bits per heavy atom. The van der Waals surface area contributed by atoms with E-state index in [0.717, 1.165) is 0 Å². The third-order valence-corrected chi connectivity index (χ3v) is 2.27. The second-order valence-electron chi connectivity index (χ2n) is 3.92. The van der Waals surface area contributed by atoms with E-state index < -0.39 is 11.9 Å². The van der Waals surface area contributed by atoms with Gasteiger partial charge in [-0.25, -0.2) is 14.3 Å². The minimum atomic E-state index is -1.16. The molecule has 0 atom stereocenters. The molecule has 0 fully saturated rings. The van der Waals surface area contributed by atoms with Crippen molar-refractivity contribution in [1.82, 2.24) is 25.6 Å². The summed E-state index contributed by atoms with van der Waals surface area (Å²) in [6.07, 6.45) is 1.97. The molecule has 0 aliphatic heterocycles. The largest absolute Gasteiger partial charge is 0.476 e. The number of rotatable bonds is 8. The lowest BCUT2D eigenvalue weighted by atomic mass is 10.3. The number of nitrogens with one attached hydrogen (secondary N) is 2. The molecule has 3 amide bonds. The summed E-state index contributed by atoms with van der Waals surface area (Å²) in [5, 5.41) is 20.8. The number of aromatic nitrogens is 3. The summed E-state index contributed by atoms with van der Waals surface area (Å²) in [5.74, 6) is -1.57. The summed E-state index contributed by atoms with van der Waals surface area (Å²) in [5.41, 5.74) is 4.80. The highest BCUT2D eigenvalue weighted by Gasteiger charge is 2.08. The Morgan fingerprint density at radius 2 is 2.00 bits per heavy atom. The fraction of sp³-hybridized carbons (Fsp3) is 0.500. The first-order chi connectivity index (χ1) is 9.49. The smallest absolute Gasteiger partial charge is 0.358 e. The van der Waals surface area contributed by atoms with Gasteiger partial charge in [-0.2, -0.15) is 0 Å². The summed E-state index contributed by atoms with van der Waals surface area (Å²) < 4.78 is 1.32. The molecule has 5 N–H and O–H groups in total. The summed E-state index contributed by atoms with van der Waals surface area (Å²) in [7, 11) is 0. The molecule has 0 aliphatic carbocycles. The van der Waals surface area contributed by atoms with Crippen molar-refractivity contribution < 1.29 is 19.5 Å². The maximum Gasteiger partial charge on any atom is 0.358 e. The van der Waals surface area contributed by atoms with E-state index in [1.165, 1.54) is 10.9 Å². The van der Waals surface area contributed by atoms with Gasteiger partial charge in [0.25, 0.3) is 0 Å². The Morgan fingerprint density at radius 1 is 1.30 bits per heavy atom. The molecule has 10 heteroatoms. The SMILES string of the molecule is NC(=O)CCCNC(=O)NCCn1cc(C(=O)O)nn1. The fourth-order valence-corrected chi connectivity index (χ4v) is 1.32. The molecule has 0 aromatic carbocycles. The molecule has 1 aromatic heterocycles. The average Bonchev–Trinajstić information content (AvgIpc) is 2.83. The van der Waals surface area contributed by atoms with Crippen molar-refractivity contribution in [1.29, 1.82) is 0 Å². The van der Waals surface area contributed by atoms with Crippen LogP contribution in [-0.4, -0.2) is 51.1 Å². The molecule has 0 spiro atoms. The van der Waals surface area contributed by atoms with E-state index in [2.05, 4.69) is 20.9 Å². The highest BCUT2D eigenvalue weighted by Crippen LogP contribution is 1.91. The average molecular weight is 284 g/mol. The van der Waals surface area contributed by atoms with Crippen molar-refractivity contribution in [3.63, 3.8) is 0 Å². The molecule has 0 saturated heterocycles. The van der Waals surface area contributed by atoms with Gasteiger partial charge in [0, 0.05) is 19.5 Å². The normalized spacial score (nSPS) is 10.0. The maximum atomic E-state index is 11.3. The van der Waals surface area contributed by atoms with Crippen molar-refractivity contribution in [3.8, 4) is 0 Å². The predicted octanol–water partition coefficient (Wildman–Crippen LogP) is -1.46. The van der Waals surface area contributed by atoms with E-state index in [1.807, 2.05) is 0 Å². The zero-order valence-corrected chi connectivity index (χ0v) is 10.7. The number of primary amides is 1. The van der Waals surface area contributed by atoms with Gasteiger partial charge in [-0.3, -0.25) is 4.79 Å². The van der Waals surface area contributed by atoms with Gasteiger partial charge < -0.3 is 21.5 Å². The second-order valence-corrected chi connectivity index (χ2v) is 3.92. The van der Waals surface area contributed by atoms with E-state index >= 15 is 0 Å². The predicted molar refractivity (Wildman–Crippen MR) is 66.8 cm³/mol. The molecule has 0 unspecified atom stereocenters. The molecule has 0 radical (unpaired) electrons. The number of carboxylic acids is 1. The number of carbonyl (C=O) groups is 3. The Labute approximate surface area is 114 Å². The van der Waals surface area contributed by atoms with Crippen LogP contribution in [-0.2, 0) is 11.3 Å². The molecule has 1 rings (SSSR count). The number of aromatic carboxylic acids is 1. The maximum absolute atomic E-state index is 11.3. The Hall–Kier alpha value is -2.65. The molecular weight excluding hydrogens is 268 g/mol. The molecule has 1 aromatic rings. The Balaban J connectivity index is 2.15. The van der Waals surface area contributed by atoms with Crippen LogP contribution in [0.1, 0.15) is 23.3 Å². The summed E-state index contributed by atoms with van der Waals surface area (Å²) >= 11 is 0. The minimum absolute atomic E-state index is 0.152. The van der Waals surface area contributed by atoms with Crippen molar-refractivity contribution in [2.24, 2.45) is 5.73 Å². The van der Waals surface area contributed by atoms with Crippen molar-refractivity contribution in [2.45, 2.75) is 19.4 Å². The third-order valence-electron chi connectivity index (χ3n) is 2.27. The number of urea groups is 1. The van der Waals surface area contributed by atoms with Crippen LogP contribution in [0.5, 0.6) is 0 Å². The topological polar surface area (TPSA) is 152 Å². The molecule has 0 bridgehead atoms. The number of hydrogen-bond acceptors (Lipinski definition) is 5. The molecular formula is C10H16N6O4. The van der Waals surface area contributed by atoms with Crippen molar-refractivity contribution in [3.05, 3.63) is 11.9 Å². The number of carboxylic acid groups (broad SMARTS) is 1. The monoisotopic (exact) mass is 284 g/mol. The number of amides is 3. The first-order valence-corrected chi connectivity index (χ1v) is 5.92. The van der Waals surface area contributed by atoms with Gasteiger partial charge in [-0.05, 0) is 6.42 Å². The highest BCUT2D eigenvalue weighted by molar-refractivity contribution is 5.84. The van der Waals surface area contributed by atoms with Gasteiger partial charge >= 0.3 is 12.0 Å². The Bertz CT molecular complexity index is 486. The van der Waals surface area contributed by atoms with Gasteiger partial charge in [-0.15, -0.1) is 5.10 Å². The minimum Gasteiger partial charge on any atom is -0.476 e. The number of nitrogens with zero attached hydrogens (tertiary/aromatic N) is 3. The van der Waals surface area contributed by atoms with Crippen LogP contribution in [0.3, 0.4) is 0 Å². The van der Waals surface area contributed by atoms with E-state index in [0.29, 0.717) is 19.5 Å². The van der Waals surface area contributed by atoms with Crippen molar-refractivity contribution in [2.75, 3.05) is 13.1 Å². The lowest BCUT2D eigenvalue weighted by Gasteiger charge is -2.06. The second kappa shape index (κ2) is 7.71. The molecule has 0 saturated carbocycles. The van der Waals surface area contributed by atoms with E-state index in [-0.39, 0.29) is 24.7 Å². The lowest BCUT2D eigenvalue weighted by Crippen LogP contribution is -2.37. The molecule has 10 nitrogen and oxygen atoms in total. The lowest BCUT2D eigenvalue weighted by molar-refractivity contribution is -0.118. The van der Waals surface area contributed by atoms with Gasteiger partial charge in [0.1, 0.15) is 0 Å². The summed E-state index contributed by atoms with van der Waals surface area (Å²) in [4.78, 5) is 32.3. The van der Waals surface area contributed by atoms with Crippen LogP contribution in [0.15, 0.2) is 6.20 Å². The quantitative estimate of drug-likeness (QED) is 0.428. The first-order valence-electron chi connectivity index (χ1n) is 5.92. The molecule has 0 aliphatic rings. The van der Waals surface area contributed by atoms with Crippen LogP contribution < -0.4 is 16.4 Å². The van der Waals surface area contributed by atoms with Crippen LogP contribution in [0.4, 0.5) is 4.79 Å². The van der Waals surface area contributed by atoms with Crippen LogP contribution in [0.2, 0.25) is 0 Å². The fourth-order valence-electron chi connectivity index (χ4n) is 1.32. The van der Waals surface area contributed by atoms with Gasteiger partial charge in [0.2, 0.25) is 5.91 Å². The van der Waals surface area contributed by atoms with E-state index in [1.54, 1.807) is 0 Å². The zero-order chi connectivity index (χ0) is 15.0. The zero-order valence-electron chi connectivity index (χ0n) is 10.7. The first kappa shape index (κ1) is 15.4. The number of carbonyl (C=O) groups excluding carboxylic acids is 2. The van der Waals surface area contributed by atoms with Gasteiger partial charge in [0.05, 0.1) is 12.7 Å². The van der Waals surface area contributed by atoms with Crippen molar-refractivity contribution >= 4 is 17.9 Å².